The van der Waals surface area contributed by atoms with Crippen molar-refractivity contribution in [2.24, 2.45) is 0 Å². The van der Waals surface area contributed by atoms with E-state index in [0.717, 1.165) is 54.6 Å². The second kappa shape index (κ2) is 9.64. The highest BCUT2D eigenvalue weighted by molar-refractivity contribution is 6.27. The lowest BCUT2D eigenvalue weighted by molar-refractivity contribution is 1.48. The number of rotatable bonds is 2. The van der Waals surface area contributed by atoms with Gasteiger partial charge in [0.05, 0.1) is 29.8 Å². The van der Waals surface area contributed by atoms with Crippen molar-refractivity contribution in [3.05, 3.63) is 150 Å². The number of fused-ring (bicyclic) bond motifs is 8. The van der Waals surface area contributed by atoms with E-state index in [1.165, 1.54) is 33.0 Å². The maximum atomic E-state index is 9.50. The number of hydrogen-bond acceptors (Lipinski definition) is 2. The van der Waals surface area contributed by atoms with Gasteiger partial charge in [-0.3, -0.25) is 0 Å². The summed E-state index contributed by atoms with van der Waals surface area (Å²) in [5, 5.41) is 28.0. The lowest BCUT2D eigenvalue weighted by atomic mass is 9.85. The van der Waals surface area contributed by atoms with Crippen LogP contribution in [0.2, 0.25) is 0 Å². The minimum Gasteiger partial charge on any atom is -0.238 e. The first kappa shape index (κ1) is 25.7. The number of benzene rings is 8. The third kappa shape index (κ3) is 3.63. The summed E-state index contributed by atoms with van der Waals surface area (Å²) in [6.07, 6.45) is 0. The van der Waals surface area contributed by atoms with E-state index in [1.54, 1.807) is 0 Å². The molecule has 8 aromatic carbocycles. The molecule has 0 fully saturated rings. The van der Waals surface area contributed by atoms with E-state index >= 15 is 0 Å². The highest BCUT2D eigenvalue weighted by atomic mass is 14.6. The Balaban J connectivity index is 1.46. The molecule has 0 heterocycles. The molecule has 0 aromatic heterocycles. The van der Waals surface area contributed by atoms with Crippen LogP contribution < -0.4 is 0 Å². The van der Waals surface area contributed by atoms with Crippen molar-refractivity contribution in [1.29, 1.82) is 10.5 Å². The fourth-order valence-electron chi connectivity index (χ4n) is 7.31. The lowest BCUT2D eigenvalue weighted by Gasteiger charge is -2.18. The molecule has 0 aliphatic heterocycles. The summed E-state index contributed by atoms with van der Waals surface area (Å²) in [4.78, 5) is 3.75. The number of nitrogens with zero attached hydrogens (tertiary/aromatic N) is 3. The fourth-order valence-corrected chi connectivity index (χ4v) is 7.31. The Bertz CT molecular complexity index is 2740. The van der Waals surface area contributed by atoms with Crippen LogP contribution in [-0.4, -0.2) is 0 Å². The Morgan fingerprint density at radius 2 is 0.913 bits per heavy atom. The van der Waals surface area contributed by atoms with Crippen LogP contribution >= 0.6 is 0 Å². The lowest BCUT2D eigenvalue weighted by Crippen LogP contribution is -1.91. The summed E-state index contributed by atoms with van der Waals surface area (Å²) >= 11 is 0. The summed E-state index contributed by atoms with van der Waals surface area (Å²) in [6.45, 7) is 7.74. The second-order valence-corrected chi connectivity index (χ2v) is 11.8. The van der Waals surface area contributed by atoms with E-state index in [9.17, 15) is 10.5 Å². The smallest absolute Gasteiger partial charge is 0.187 e. The van der Waals surface area contributed by atoms with Gasteiger partial charge >= 0.3 is 0 Å². The molecule has 0 spiro atoms. The van der Waals surface area contributed by atoms with Gasteiger partial charge in [-0.15, -0.1) is 0 Å². The second-order valence-electron chi connectivity index (χ2n) is 11.8. The van der Waals surface area contributed by atoms with Gasteiger partial charge in [0.15, 0.2) is 5.69 Å². The van der Waals surface area contributed by atoms with E-state index in [-0.39, 0.29) is 0 Å². The molecule has 1 aliphatic carbocycles. The molecular formula is C43H21N3. The number of hydrogen-bond donors (Lipinski definition) is 0. The van der Waals surface area contributed by atoms with Crippen LogP contribution in [0, 0.1) is 29.2 Å². The first-order valence-electron chi connectivity index (χ1n) is 15.1. The van der Waals surface area contributed by atoms with E-state index in [4.69, 9.17) is 6.57 Å². The van der Waals surface area contributed by atoms with Gasteiger partial charge in [-0.2, -0.15) is 10.5 Å². The zero-order chi connectivity index (χ0) is 30.9. The Morgan fingerprint density at radius 1 is 0.435 bits per heavy atom. The zero-order valence-corrected chi connectivity index (χ0v) is 24.5. The maximum Gasteiger partial charge on any atom is 0.187 e. The normalized spacial score (nSPS) is 11.4. The van der Waals surface area contributed by atoms with Crippen molar-refractivity contribution in [3.8, 4) is 56.6 Å². The predicted molar refractivity (Wildman–Crippen MR) is 187 cm³/mol. The Kier molecular flexibility index (Phi) is 5.39. The molecule has 208 valence electrons. The van der Waals surface area contributed by atoms with Crippen LogP contribution in [0.1, 0.15) is 11.1 Å². The molecule has 0 N–H and O–H groups in total. The van der Waals surface area contributed by atoms with Gasteiger partial charge in [-0.05, 0) is 142 Å². The minimum absolute atomic E-state index is 0.582. The van der Waals surface area contributed by atoms with Crippen molar-refractivity contribution in [1.82, 2.24) is 0 Å². The van der Waals surface area contributed by atoms with Crippen LogP contribution in [0.5, 0.6) is 0 Å². The van der Waals surface area contributed by atoms with E-state index in [1.807, 2.05) is 60.7 Å². The zero-order valence-electron chi connectivity index (χ0n) is 24.5. The first-order valence-corrected chi connectivity index (χ1v) is 15.1. The van der Waals surface area contributed by atoms with Gasteiger partial charge in [0.25, 0.3) is 0 Å². The Labute approximate surface area is 265 Å². The summed E-state index contributed by atoms with van der Waals surface area (Å²) in [7, 11) is 0. The summed E-state index contributed by atoms with van der Waals surface area (Å²) in [5.74, 6) is 0. The molecule has 0 saturated carbocycles. The SMILES string of the molecule is [C-]#[N+]c1ccc2c(c1)c(-c1ccc(C#N)cc1)cc1c3cc4c(cc3c(-c3ccc(C#N)cc3)cc21)-c1cccc2cccc-4c12. The van der Waals surface area contributed by atoms with Gasteiger partial charge in [0.1, 0.15) is 0 Å². The highest BCUT2D eigenvalue weighted by Gasteiger charge is 2.24. The largest absolute Gasteiger partial charge is 0.238 e. The standard InChI is InChI=1S/C43H21N3/c1-46-30-16-17-31-36(18-30)34(27-12-8-25(23-44)9-13-27)20-41-37(31)19-35(28-14-10-26(24-45)11-15-28)40-21-38-32-6-2-4-29-5-3-7-33(43(29)32)39(38)22-42(40)41/h2-22H. The molecule has 3 heteroatoms. The third-order valence-electron chi connectivity index (χ3n) is 9.45. The molecule has 8 aromatic rings. The molecule has 0 atom stereocenters. The maximum absolute atomic E-state index is 9.50. The summed E-state index contributed by atoms with van der Waals surface area (Å²) in [6, 6.07) is 48.2. The Morgan fingerprint density at radius 3 is 1.46 bits per heavy atom. The Hall–Kier alpha value is -6.73. The molecule has 1 aliphatic rings. The van der Waals surface area contributed by atoms with Crippen LogP contribution in [0.4, 0.5) is 5.69 Å². The van der Waals surface area contributed by atoms with Crippen LogP contribution in [-0.2, 0) is 0 Å². The van der Waals surface area contributed by atoms with Crippen LogP contribution in [0.15, 0.2) is 127 Å². The van der Waals surface area contributed by atoms with E-state index in [2.05, 4.69) is 83.7 Å². The van der Waals surface area contributed by atoms with Gasteiger partial charge in [-0.1, -0.05) is 72.8 Å². The molecule has 0 radical (unpaired) electrons. The topological polar surface area (TPSA) is 51.9 Å². The van der Waals surface area contributed by atoms with E-state index < -0.39 is 0 Å². The fraction of sp³-hybridized carbons (Fsp3) is 0. The molecule has 0 bridgehead atoms. The molecule has 0 saturated heterocycles. The minimum atomic E-state index is 0.582. The summed E-state index contributed by atoms with van der Waals surface area (Å²) in [5.41, 5.74) is 10.9. The van der Waals surface area contributed by atoms with Crippen LogP contribution in [0.3, 0.4) is 0 Å². The van der Waals surface area contributed by atoms with Crippen molar-refractivity contribution in [2.75, 3.05) is 0 Å². The van der Waals surface area contributed by atoms with Crippen molar-refractivity contribution >= 4 is 48.8 Å². The quantitative estimate of drug-likeness (QED) is 0.151. The highest BCUT2D eigenvalue weighted by Crippen LogP contribution is 2.51. The molecule has 0 unspecified atom stereocenters. The van der Waals surface area contributed by atoms with E-state index in [0.29, 0.717) is 16.8 Å². The first-order chi connectivity index (χ1) is 22.6. The van der Waals surface area contributed by atoms with Crippen molar-refractivity contribution < 1.29 is 0 Å². The molecule has 0 amide bonds. The molecule has 3 nitrogen and oxygen atoms in total. The monoisotopic (exact) mass is 579 g/mol. The van der Waals surface area contributed by atoms with Crippen LogP contribution in [0.25, 0.3) is 92.4 Å². The third-order valence-corrected chi connectivity index (χ3v) is 9.45. The van der Waals surface area contributed by atoms with Crippen molar-refractivity contribution in [2.45, 2.75) is 0 Å². The molecule has 9 rings (SSSR count). The molecule has 46 heavy (non-hydrogen) atoms. The average Bonchev–Trinajstić information content (AvgIpc) is 3.44. The average molecular weight is 580 g/mol. The van der Waals surface area contributed by atoms with Gasteiger partial charge < -0.3 is 0 Å². The molecular weight excluding hydrogens is 558 g/mol. The van der Waals surface area contributed by atoms with Gasteiger partial charge in [0.2, 0.25) is 0 Å². The predicted octanol–water partition coefficient (Wildman–Crippen LogP) is 11.6. The van der Waals surface area contributed by atoms with Gasteiger partial charge in [-0.25, -0.2) is 4.85 Å². The van der Waals surface area contributed by atoms with Gasteiger partial charge in [0, 0.05) is 0 Å². The summed E-state index contributed by atoms with van der Waals surface area (Å²) < 4.78 is 0. The number of nitriles is 2. The van der Waals surface area contributed by atoms with Crippen molar-refractivity contribution in [3.63, 3.8) is 0 Å².